The molecule has 0 radical (unpaired) electrons. The summed E-state index contributed by atoms with van der Waals surface area (Å²) in [5.74, 6) is 1.86. The molecule has 37 heavy (non-hydrogen) atoms. The summed E-state index contributed by atoms with van der Waals surface area (Å²) < 4.78 is 8.88. The molecule has 192 valence electrons. The summed E-state index contributed by atoms with van der Waals surface area (Å²) >= 11 is 7.63. The van der Waals surface area contributed by atoms with Crippen molar-refractivity contribution >= 4 is 46.2 Å². The van der Waals surface area contributed by atoms with Gasteiger partial charge in [0.15, 0.2) is 11.6 Å². The first-order valence-corrected chi connectivity index (χ1v) is 13.6. The highest BCUT2D eigenvalue weighted by atomic mass is 35.5. The number of rotatable bonds is 8. The SMILES string of the molecule is CCc1cc(-c2nnc(NSc3ccccc3Cl)cc2OC)cc2cnc(N[C@H]3CC[C@H](N)CC3)nc12. The van der Waals surface area contributed by atoms with Crippen molar-refractivity contribution in [1.29, 1.82) is 0 Å². The van der Waals surface area contributed by atoms with Crippen LogP contribution in [-0.2, 0) is 6.42 Å². The molecule has 1 aliphatic carbocycles. The first-order valence-electron chi connectivity index (χ1n) is 12.4. The average Bonchev–Trinajstić information content (AvgIpc) is 2.93. The molecule has 5 rings (SSSR count). The Labute approximate surface area is 225 Å². The number of aromatic nitrogens is 4. The predicted octanol–water partition coefficient (Wildman–Crippen LogP) is 6.11. The van der Waals surface area contributed by atoms with Crippen molar-refractivity contribution < 1.29 is 4.74 Å². The summed E-state index contributed by atoms with van der Waals surface area (Å²) in [6, 6.07) is 14.3. The molecule has 10 heteroatoms. The van der Waals surface area contributed by atoms with E-state index in [1.807, 2.05) is 42.6 Å². The molecule has 0 amide bonds. The van der Waals surface area contributed by atoms with Crippen molar-refractivity contribution in [3.8, 4) is 17.0 Å². The number of benzene rings is 2. The van der Waals surface area contributed by atoms with Crippen LogP contribution in [0.5, 0.6) is 5.75 Å². The van der Waals surface area contributed by atoms with Gasteiger partial charge >= 0.3 is 0 Å². The van der Waals surface area contributed by atoms with Crippen molar-refractivity contribution in [2.24, 2.45) is 5.73 Å². The number of nitrogens with two attached hydrogens (primary N) is 1. The number of hydrogen-bond acceptors (Lipinski definition) is 9. The van der Waals surface area contributed by atoms with Gasteiger partial charge in [-0.2, -0.15) is 0 Å². The van der Waals surface area contributed by atoms with Gasteiger partial charge < -0.3 is 20.5 Å². The maximum absolute atomic E-state index is 6.25. The fraction of sp³-hybridized carbons (Fsp3) is 0.333. The quantitative estimate of drug-likeness (QED) is 0.230. The Morgan fingerprint density at radius 2 is 1.92 bits per heavy atom. The van der Waals surface area contributed by atoms with Gasteiger partial charge in [-0.1, -0.05) is 30.7 Å². The van der Waals surface area contributed by atoms with Crippen LogP contribution < -0.4 is 20.5 Å². The monoisotopic (exact) mass is 535 g/mol. The zero-order valence-electron chi connectivity index (χ0n) is 20.9. The molecule has 2 heterocycles. The molecule has 1 saturated carbocycles. The molecule has 0 saturated heterocycles. The molecule has 0 aliphatic heterocycles. The molecular formula is C27H30ClN7OS. The van der Waals surface area contributed by atoms with Crippen molar-refractivity contribution in [2.45, 2.75) is 56.0 Å². The van der Waals surface area contributed by atoms with Crippen molar-refractivity contribution in [1.82, 2.24) is 20.2 Å². The van der Waals surface area contributed by atoms with Gasteiger partial charge in [0.25, 0.3) is 0 Å². The third-order valence-corrected chi connectivity index (χ3v) is 7.93. The largest absolute Gasteiger partial charge is 0.494 e. The highest BCUT2D eigenvalue weighted by Crippen LogP contribution is 2.34. The van der Waals surface area contributed by atoms with E-state index in [-0.39, 0.29) is 0 Å². The summed E-state index contributed by atoms with van der Waals surface area (Å²) in [7, 11) is 1.63. The molecule has 4 aromatic rings. The Hall–Kier alpha value is -3.14. The number of aryl methyl sites for hydroxylation is 1. The summed E-state index contributed by atoms with van der Waals surface area (Å²) in [5.41, 5.74) is 9.68. The minimum atomic E-state index is 0.312. The van der Waals surface area contributed by atoms with Crippen LogP contribution >= 0.6 is 23.5 Å². The molecule has 8 nitrogen and oxygen atoms in total. The number of nitrogens with one attached hydrogen (secondary N) is 2. The van der Waals surface area contributed by atoms with E-state index in [0.717, 1.165) is 59.0 Å². The third kappa shape index (κ3) is 5.89. The molecule has 1 aliphatic rings. The minimum absolute atomic E-state index is 0.312. The van der Waals surface area contributed by atoms with Crippen LogP contribution in [0.25, 0.3) is 22.2 Å². The molecule has 0 spiro atoms. The van der Waals surface area contributed by atoms with Gasteiger partial charge in [-0.3, -0.25) is 0 Å². The predicted molar refractivity (Wildman–Crippen MR) is 151 cm³/mol. The van der Waals surface area contributed by atoms with E-state index in [0.29, 0.717) is 40.3 Å². The van der Waals surface area contributed by atoms with E-state index < -0.39 is 0 Å². The minimum Gasteiger partial charge on any atom is -0.494 e. The van der Waals surface area contributed by atoms with Crippen molar-refractivity contribution in [3.63, 3.8) is 0 Å². The van der Waals surface area contributed by atoms with Gasteiger partial charge in [0.1, 0.15) is 5.69 Å². The van der Waals surface area contributed by atoms with Crippen LogP contribution in [0.2, 0.25) is 5.02 Å². The van der Waals surface area contributed by atoms with Crippen LogP contribution in [0, 0.1) is 0 Å². The van der Waals surface area contributed by atoms with E-state index in [1.165, 1.54) is 11.9 Å². The zero-order chi connectivity index (χ0) is 25.8. The highest BCUT2D eigenvalue weighted by Gasteiger charge is 2.20. The third-order valence-electron chi connectivity index (χ3n) is 6.60. The molecule has 1 fully saturated rings. The maximum atomic E-state index is 6.25. The standard InChI is InChI=1S/C27H30ClN7OS/c1-3-16-12-17(13-18-15-30-27(32-25(16)18)31-20-10-8-19(29)9-11-20)26-22(36-2)14-24(33-34-26)35-37-23-7-5-4-6-21(23)28/h4-7,12-15,19-20H,3,8-11,29H2,1-2H3,(H,33,35)(H,30,31,32)/t19-,20-. The maximum Gasteiger partial charge on any atom is 0.223 e. The number of halogens is 1. The van der Waals surface area contributed by atoms with E-state index in [9.17, 15) is 0 Å². The summed E-state index contributed by atoms with van der Waals surface area (Å²) in [5, 5.41) is 14.0. The van der Waals surface area contributed by atoms with Crippen LogP contribution in [0.15, 0.2) is 53.6 Å². The lowest BCUT2D eigenvalue weighted by molar-refractivity contribution is 0.410. The summed E-state index contributed by atoms with van der Waals surface area (Å²) in [6.45, 7) is 2.12. The molecular weight excluding hydrogens is 506 g/mol. The smallest absolute Gasteiger partial charge is 0.223 e. The number of hydrogen-bond donors (Lipinski definition) is 3. The van der Waals surface area contributed by atoms with Crippen LogP contribution in [-0.4, -0.2) is 39.4 Å². The van der Waals surface area contributed by atoms with E-state index in [1.54, 1.807) is 7.11 Å². The van der Waals surface area contributed by atoms with Gasteiger partial charge in [-0.25, -0.2) is 9.97 Å². The second kappa shape index (κ2) is 11.5. The Bertz CT molecular complexity index is 1390. The van der Waals surface area contributed by atoms with Crippen LogP contribution in [0.3, 0.4) is 0 Å². The first-order chi connectivity index (χ1) is 18.0. The van der Waals surface area contributed by atoms with E-state index in [4.69, 9.17) is 27.1 Å². The number of fused-ring (bicyclic) bond motifs is 1. The Kier molecular flexibility index (Phi) is 7.93. The number of ether oxygens (including phenoxy) is 1. The average molecular weight is 536 g/mol. The van der Waals surface area contributed by atoms with E-state index >= 15 is 0 Å². The zero-order valence-corrected chi connectivity index (χ0v) is 22.4. The summed E-state index contributed by atoms with van der Waals surface area (Å²) in [6.07, 6.45) is 6.85. The topological polar surface area (TPSA) is 111 Å². The fourth-order valence-corrected chi connectivity index (χ4v) is 5.43. The lowest BCUT2D eigenvalue weighted by Crippen LogP contribution is -2.33. The van der Waals surface area contributed by atoms with Gasteiger partial charge in [0.2, 0.25) is 5.95 Å². The van der Waals surface area contributed by atoms with Gasteiger partial charge in [0, 0.05) is 40.2 Å². The molecule has 0 bridgehead atoms. The second-order valence-corrected chi connectivity index (χ2v) is 10.4. The van der Waals surface area contributed by atoms with Gasteiger partial charge in [-0.15, -0.1) is 10.2 Å². The fourth-order valence-electron chi connectivity index (χ4n) is 4.56. The Morgan fingerprint density at radius 1 is 1.11 bits per heavy atom. The van der Waals surface area contributed by atoms with Gasteiger partial charge in [0.05, 0.1) is 17.6 Å². The highest BCUT2D eigenvalue weighted by molar-refractivity contribution is 8.00. The Morgan fingerprint density at radius 3 is 2.68 bits per heavy atom. The molecule has 2 aromatic heterocycles. The Balaban J connectivity index is 1.39. The normalized spacial score (nSPS) is 17.5. The van der Waals surface area contributed by atoms with Crippen molar-refractivity contribution in [2.75, 3.05) is 17.1 Å². The first kappa shape index (κ1) is 25.5. The van der Waals surface area contributed by atoms with Crippen molar-refractivity contribution in [3.05, 3.63) is 59.2 Å². The van der Waals surface area contributed by atoms with Crippen LogP contribution in [0.1, 0.15) is 38.2 Å². The lowest BCUT2D eigenvalue weighted by Gasteiger charge is -2.26. The number of methoxy groups -OCH3 is 1. The molecule has 0 atom stereocenters. The summed E-state index contributed by atoms with van der Waals surface area (Å²) in [4.78, 5) is 10.4. The molecule has 4 N–H and O–H groups in total. The van der Waals surface area contributed by atoms with Gasteiger partial charge in [-0.05, 0) is 73.9 Å². The second-order valence-electron chi connectivity index (χ2n) is 9.16. The number of nitrogens with zero attached hydrogens (tertiary/aromatic N) is 4. The molecule has 2 aromatic carbocycles. The molecule has 0 unspecified atom stereocenters. The number of anilines is 2. The van der Waals surface area contributed by atoms with E-state index in [2.05, 4.69) is 38.2 Å². The lowest BCUT2D eigenvalue weighted by atomic mass is 9.92. The van der Waals surface area contributed by atoms with Crippen LogP contribution in [0.4, 0.5) is 11.8 Å².